The molecule has 1 aliphatic rings. The van der Waals surface area contributed by atoms with Crippen LogP contribution in [0.1, 0.15) is 27.5 Å². The average molecular weight is 355 g/mol. The Morgan fingerprint density at radius 1 is 1.04 bits per heavy atom. The number of carbonyl (C=O) groups excluding carboxylic acids is 2. The van der Waals surface area contributed by atoms with E-state index in [1.54, 1.807) is 47.0 Å². The van der Waals surface area contributed by atoms with Gasteiger partial charge in [-0.25, -0.2) is 0 Å². The smallest absolute Gasteiger partial charge is 0.334 e. The summed E-state index contributed by atoms with van der Waals surface area (Å²) in [4.78, 5) is 23.6. The van der Waals surface area contributed by atoms with Crippen molar-refractivity contribution in [3.8, 4) is 0 Å². The van der Waals surface area contributed by atoms with Crippen molar-refractivity contribution in [2.24, 2.45) is 0 Å². The number of halogens is 3. The molecule has 2 aromatic carbocycles. The van der Waals surface area contributed by atoms with Gasteiger partial charge in [-0.15, -0.1) is 0 Å². The van der Waals surface area contributed by atoms with Gasteiger partial charge in [-0.3, -0.25) is 9.59 Å². The largest absolute Gasteiger partial charge is 0.454 e. The van der Waals surface area contributed by atoms with Crippen LogP contribution < -0.4 is 0 Å². The normalized spacial score (nSPS) is 16.4. The third-order valence-corrected chi connectivity index (χ3v) is 4.55. The number of benzene rings is 2. The molecule has 3 aromatic rings. The van der Waals surface area contributed by atoms with Crippen molar-refractivity contribution < 1.29 is 22.8 Å². The number of aldehydes is 1. The number of nitrogens with zero attached hydrogens (tertiary/aromatic N) is 1. The molecule has 1 aromatic heterocycles. The molecule has 0 radical (unpaired) electrons. The number of allylic oxidation sites excluding steroid dienone is 1. The summed E-state index contributed by atoms with van der Waals surface area (Å²) in [5, 5.41) is 0.229. The topological polar surface area (TPSA) is 39.1 Å². The number of ketones is 1. The molecule has 0 aliphatic carbocycles. The van der Waals surface area contributed by atoms with Crippen LogP contribution in [0.4, 0.5) is 13.2 Å². The van der Waals surface area contributed by atoms with Gasteiger partial charge >= 0.3 is 6.18 Å². The summed E-state index contributed by atoms with van der Waals surface area (Å²) in [6.07, 6.45) is -1.40. The highest BCUT2D eigenvalue weighted by Crippen LogP contribution is 2.40. The third-order valence-electron chi connectivity index (χ3n) is 4.55. The zero-order valence-electron chi connectivity index (χ0n) is 13.3. The molecule has 0 spiro atoms. The lowest BCUT2D eigenvalue weighted by molar-refractivity contribution is -0.105. The molecule has 0 fully saturated rings. The molecule has 1 aliphatic heterocycles. The SMILES string of the molecule is O=CC1=Cc2cccc3c(C(=O)C(F)(F)F)cn(c23)[C@@H]1c1ccccc1. The van der Waals surface area contributed by atoms with Gasteiger partial charge in [0.05, 0.1) is 17.1 Å². The molecule has 0 bridgehead atoms. The van der Waals surface area contributed by atoms with Crippen molar-refractivity contribution in [2.45, 2.75) is 12.2 Å². The second-order valence-electron chi connectivity index (χ2n) is 6.10. The van der Waals surface area contributed by atoms with Crippen LogP contribution in [-0.4, -0.2) is 22.8 Å². The van der Waals surface area contributed by atoms with Crippen molar-refractivity contribution in [3.63, 3.8) is 0 Å². The minimum absolute atomic E-state index is 0.229. The first-order valence-corrected chi connectivity index (χ1v) is 7.88. The standard InChI is InChI=1S/C20H12F3NO2/c21-20(22,23)19(26)16-10-24-17(12-5-2-1-3-6-12)14(11-25)9-13-7-4-8-15(16)18(13)24/h1-11,17H/t17-/m1/s1. The number of rotatable bonds is 3. The van der Waals surface area contributed by atoms with Crippen molar-refractivity contribution in [2.75, 3.05) is 0 Å². The van der Waals surface area contributed by atoms with Gasteiger partial charge in [-0.1, -0.05) is 48.5 Å². The summed E-state index contributed by atoms with van der Waals surface area (Å²) in [6, 6.07) is 13.2. The van der Waals surface area contributed by atoms with Gasteiger partial charge in [0.15, 0.2) is 0 Å². The number of aromatic nitrogens is 1. The summed E-state index contributed by atoms with van der Waals surface area (Å²) in [7, 11) is 0. The quantitative estimate of drug-likeness (QED) is 0.510. The molecule has 4 rings (SSSR count). The van der Waals surface area contributed by atoms with Gasteiger partial charge in [-0.05, 0) is 17.2 Å². The summed E-state index contributed by atoms with van der Waals surface area (Å²) in [5.41, 5.74) is 1.88. The Morgan fingerprint density at radius 2 is 1.77 bits per heavy atom. The second kappa shape index (κ2) is 5.69. The molecule has 6 heteroatoms. The number of para-hydroxylation sites is 1. The van der Waals surface area contributed by atoms with Crippen LogP contribution in [0.25, 0.3) is 17.0 Å². The predicted octanol–water partition coefficient (Wildman–Crippen LogP) is 4.57. The zero-order chi connectivity index (χ0) is 18.5. The predicted molar refractivity (Wildman–Crippen MR) is 90.9 cm³/mol. The molecule has 0 saturated carbocycles. The van der Waals surface area contributed by atoms with Gasteiger partial charge in [-0.2, -0.15) is 13.2 Å². The number of hydrogen-bond acceptors (Lipinski definition) is 2. The summed E-state index contributed by atoms with van der Waals surface area (Å²) >= 11 is 0. The molecular weight excluding hydrogens is 343 g/mol. The maximum Gasteiger partial charge on any atom is 0.454 e. The molecule has 2 heterocycles. The fraction of sp³-hybridized carbons (Fsp3) is 0.100. The van der Waals surface area contributed by atoms with Gasteiger partial charge < -0.3 is 4.57 Å². The van der Waals surface area contributed by atoms with E-state index in [9.17, 15) is 22.8 Å². The minimum Gasteiger partial charge on any atom is -0.334 e. The van der Waals surface area contributed by atoms with E-state index in [0.29, 0.717) is 22.9 Å². The molecule has 0 saturated heterocycles. The molecule has 3 nitrogen and oxygen atoms in total. The molecule has 0 N–H and O–H groups in total. The molecule has 1 atom stereocenters. The number of carbonyl (C=O) groups is 2. The number of Topliss-reactive ketones (excluding diaryl/α,β-unsaturated/α-hetero) is 1. The van der Waals surface area contributed by atoms with Crippen LogP contribution in [-0.2, 0) is 4.79 Å². The zero-order valence-corrected chi connectivity index (χ0v) is 13.3. The Kier molecular flexibility index (Phi) is 3.57. The number of hydrogen-bond donors (Lipinski definition) is 0. The second-order valence-corrected chi connectivity index (χ2v) is 6.10. The highest BCUT2D eigenvalue weighted by atomic mass is 19.4. The van der Waals surface area contributed by atoms with Crippen LogP contribution in [0.5, 0.6) is 0 Å². The van der Waals surface area contributed by atoms with Crippen molar-refractivity contribution in [1.82, 2.24) is 4.57 Å². The number of alkyl halides is 3. The summed E-state index contributed by atoms with van der Waals surface area (Å²) in [6.45, 7) is 0. The van der Waals surface area contributed by atoms with E-state index < -0.39 is 23.6 Å². The van der Waals surface area contributed by atoms with E-state index in [2.05, 4.69) is 0 Å². The van der Waals surface area contributed by atoms with Crippen LogP contribution in [0, 0.1) is 0 Å². The Balaban J connectivity index is 2.03. The Labute approximate surface area is 146 Å². The van der Waals surface area contributed by atoms with E-state index in [0.717, 1.165) is 5.56 Å². The molecule has 130 valence electrons. The van der Waals surface area contributed by atoms with Crippen LogP contribution in [0.3, 0.4) is 0 Å². The van der Waals surface area contributed by atoms with Crippen molar-refractivity contribution in [3.05, 3.63) is 77.0 Å². The maximum absolute atomic E-state index is 13.0. The highest BCUT2D eigenvalue weighted by molar-refractivity contribution is 6.12. The van der Waals surface area contributed by atoms with Gasteiger partial charge in [0.25, 0.3) is 5.78 Å². The summed E-state index contributed by atoms with van der Waals surface area (Å²) in [5.74, 6) is -1.89. The lowest BCUT2D eigenvalue weighted by Gasteiger charge is -2.25. The molecule has 26 heavy (non-hydrogen) atoms. The molecule has 0 amide bonds. The van der Waals surface area contributed by atoms with E-state index in [4.69, 9.17) is 0 Å². The molecule has 0 unspecified atom stereocenters. The van der Waals surface area contributed by atoms with Gasteiger partial charge in [0, 0.05) is 17.2 Å². The Bertz CT molecular complexity index is 1060. The Hall–Kier alpha value is -3.15. The van der Waals surface area contributed by atoms with E-state index >= 15 is 0 Å². The first kappa shape index (κ1) is 16.3. The lowest BCUT2D eigenvalue weighted by Crippen LogP contribution is -2.22. The van der Waals surface area contributed by atoms with Gasteiger partial charge in [0.2, 0.25) is 0 Å². The maximum atomic E-state index is 13.0. The first-order valence-electron chi connectivity index (χ1n) is 7.88. The Morgan fingerprint density at radius 3 is 2.42 bits per heavy atom. The third kappa shape index (κ3) is 2.37. The first-order chi connectivity index (χ1) is 12.4. The van der Waals surface area contributed by atoms with E-state index in [1.807, 2.05) is 6.07 Å². The van der Waals surface area contributed by atoms with E-state index in [-0.39, 0.29) is 5.39 Å². The van der Waals surface area contributed by atoms with Gasteiger partial charge in [0.1, 0.15) is 6.29 Å². The lowest BCUT2D eigenvalue weighted by atomic mass is 9.93. The molecular formula is C20H12F3NO2. The summed E-state index contributed by atoms with van der Waals surface area (Å²) < 4.78 is 40.7. The monoisotopic (exact) mass is 355 g/mol. The fourth-order valence-electron chi connectivity index (χ4n) is 3.50. The van der Waals surface area contributed by atoms with Crippen LogP contribution in [0.15, 0.2) is 60.3 Å². The van der Waals surface area contributed by atoms with E-state index in [1.165, 1.54) is 12.3 Å². The fourth-order valence-corrected chi connectivity index (χ4v) is 3.50. The minimum atomic E-state index is -4.97. The van der Waals surface area contributed by atoms with Crippen molar-refractivity contribution >= 4 is 29.0 Å². The average Bonchev–Trinajstić information content (AvgIpc) is 3.01. The van der Waals surface area contributed by atoms with Crippen molar-refractivity contribution in [1.29, 1.82) is 0 Å². The van der Waals surface area contributed by atoms with Crippen LogP contribution in [0.2, 0.25) is 0 Å². The highest BCUT2D eigenvalue weighted by Gasteiger charge is 2.41. The van der Waals surface area contributed by atoms with Crippen LogP contribution >= 0.6 is 0 Å².